The van der Waals surface area contributed by atoms with E-state index >= 15 is 0 Å². The number of hydrogen-bond acceptors (Lipinski definition) is 4. The molecule has 0 bridgehead atoms. The predicted octanol–water partition coefficient (Wildman–Crippen LogP) is 3.55. The second kappa shape index (κ2) is 11.9. The summed E-state index contributed by atoms with van der Waals surface area (Å²) in [5, 5.41) is 7.97. The van der Waals surface area contributed by atoms with Gasteiger partial charge in [-0.3, -0.25) is 4.68 Å². The van der Waals surface area contributed by atoms with Crippen LogP contribution in [-0.4, -0.2) is 45.8 Å². The van der Waals surface area contributed by atoms with Crippen molar-refractivity contribution in [2.45, 2.75) is 46.7 Å². The molecule has 0 saturated heterocycles. The summed E-state index contributed by atoms with van der Waals surface area (Å²) in [6.45, 7) is 11.0. The van der Waals surface area contributed by atoms with Gasteiger partial charge in [0, 0.05) is 50.7 Å². The van der Waals surface area contributed by atoms with Crippen molar-refractivity contribution >= 4 is 29.9 Å². The van der Waals surface area contributed by atoms with Gasteiger partial charge in [0.2, 0.25) is 5.88 Å². The maximum absolute atomic E-state index is 5.60. The number of hydrogen-bond donors (Lipinski definition) is 1. The fourth-order valence-corrected chi connectivity index (χ4v) is 2.93. The smallest absolute Gasteiger partial charge is 0.218 e. The number of pyridine rings is 1. The molecule has 1 N–H and O–H groups in total. The van der Waals surface area contributed by atoms with Crippen LogP contribution in [0.25, 0.3) is 0 Å². The van der Waals surface area contributed by atoms with Crippen LogP contribution in [0.15, 0.2) is 29.5 Å². The van der Waals surface area contributed by atoms with Crippen LogP contribution in [0.1, 0.15) is 50.4 Å². The first-order valence-electron chi connectivity index (χ1n) is 9.54. The highest BCUT2D eigenvalue weighted by atomic mass is 127. The van der Waals surface area contributed by atoms with E-state index in [1.54, 1.807) is 6.20 Å². The lowest BCUT2D eigenvalue weighted by molar-refractivity contribution is 0.323. The fourth-order valence-electron chi connectivity index (χ4n) is 2.93. The number of rotatable bonds is 8. The number of guanidine groups is 1. The summed E-state index contributed by atoms with van der Waals surface area (Å²) in [4.78, 5) is 11.2. The van der Waals surface area contributed by atoms with E-state index in [4.69, 9.17) is 9.73 Å². The van der Waals surface area contributed by atoms with Gasteiger partial charge in [0.05, 0.1) is 18.8 Å². The minimum absolute atomic E-state index is 0. The van der Waals surface area contributed by atoms with Crippen molar-refractivity contribution in [2.75, 3.05) is 20.2 Å². The Kier molecular flexibility index (Phi) is 10.3. The van der Waals surface area contributed by atoms with Crippen molar-refractivity contribution in [1.82, 2.24) is 25.0 Å². The van der Waals surface area contributed by atoms with E-state index in [2.05, 4.69) is 47.3 Å². The van der Waals surface area contributed by atoms with Gasteiger partial charge in [-0.05, 0) is 25.8 Å². The number of nitrogens with one attached hydrogen (secondary N) is 1. The van der Waals surface area contributed by atoms with E-state index in [1.165, 1.54) is 5.56 Å². The summed E-state index contributed by atoms with van der Waals surface area (Å²) < 4.78 is 7.49. The largest absolute Gasteiger partial charge is 0.478 e. The first-order chi connectivity index (χ1) is 13.0. The molecule has 0 aromatic carbocycles. The molecule has 0 aliphatic heterocycles. The van der Waals surface area contributed by atoms with Crippen LogP contribution >= 0.6 is 24.0 Å². The second-order valence-electron chi connectivity index (χ2n) is 6.79. The van der Waals surface area contributed by atoms with Gasteiger partial charge in [0.1, 0.15) is 0 Å². The molecular formula is C20H33IN6O. The maximum Gasteiger partial charge on any atom is 0.218 e. The molecule has 2 rings (SSSR count). The average molecular weight is 500 g/mol. The molecular weight excluding hydrogens is 467 g/mol. The van der Waals surface area contributed by atoms with Gasteiger partial charge in [0.25, 0.3) is 0 Å². The lowest BCUT2D eigenvalue weighted by Crippen LogP contribution is -2.38. The molecule has 0 radical (unpaired) electrons. The Labute approximate surface area is 185 Å². The Hall–Kier alpha value is -1.84. The third kappa shape index (κ3) is 6.65. The summed E-state index contributed by atoms with van der Waals surface area (Å²) in [6.07, 6.45) is 3.83. The zero-order valence-corrected chi connectivity index (χ0v) is 20.1. The van der Waals surface area contributed by atoms with Crippen LogP contribution in [0.5, 0.6) is 5.88 Å². The Morgan fingerprint density at radius 1 is 1.32 bits per heavy atom. The van der Waals surface area contributed by atoms with Crippen LogP contribution in [0.2, 0.25) is 0 Å². The Balaban J connectivity index is 0.00000392. The Bertz CT molecular complexity index is 759. The minimum atomic E-state index is 0. The molecule has 2 aromatic rings. The molecule has 0 unspecified atom stereocenters. The molecule has 0 aliphatic carbocycles. The van der Waals surface area contributed by atoms with Crippen LogP contribution < -0.4 is 10.1 Å². The van der Waals surface area contributed by atoms with E-state index in [-0.39, 0.29) is 24.0 Å². The highest BCUT2D eigenvalue weighted by Gasteiger charge is 2.15. The van der Waals surface area contributed by atoms with Crippen LogP contribution in [0.4, 0.5) is 0 Å². The molecule has 28 heavy (non-hydrogen) atoms. The molecule has 0 aliphatic rings. The lowest BCUT2D eigenvalue weighted by atomic mass is 10.1. The van der Waals surface area contributed by atoms with Crippen molar-refractivity contribution in [1.29, 1.82) is 0 Å². The maximum atomic E-state index is 5.60. The zero-order valence-electron chi connectivity index (χ0n) is 17.8. The summed E-state index contributed by atoms with van der Waals surface area (Å²) >= 11 is 0. The second-order valence-corrected chi connectivity index (χ2v) is 6.79. The highest BCUT2D eigenvalue weighted by Crippen LogP contribution is 2.19. The Morgan fingerprint density at radius 3 is 2.71 bits per heavy atom. The van der Waals surface area contributed by atoms with E-state index < -0.39 is 0 Å². The highest BCUT2D eigenvalue weighted by molar-refractivity contribution is 14.0. The average Bonchev–Trinajstić information content (AvgIpc) is 3.00. The molecule has 2 aromatic heterocycles. The third-order valence-electron chi connectivity index (χ3n) is 4.12. The molecule has 0 atom stereocenters. The van der Waals surface area contributed by atoms with Crippen molar-refractivity contribution in [3.05, 3.63) is 41.3 Å². The van der Waals surface area contributed by atoms with Gasteiger partial charge >= 0.3 is 0 Å². The standard InChI is InChI=1S/C20H32N6O.HI/c1-7-21-20(23-12-16-10-9-11-22-19(16)27-8-2)25(5)13-17-14-26(6)24-18(17)15(3)4;/h9-11,14-15H,7-8,12-13H2,1-6H3,(H,21,23);1H. The molecule has 7 nitrogen and oxygen atoms in total. The third-order valence-corrected chi connectivity index (χ3v) is 4.12. The quantitative estimate of drug-likeness (QED) is 0.341. The van der Waals surface area contributed by atoms with Crippen molar-refractivity contribution < 1.29 is 4.74 Å². The first kappa shape index (κ1) is 24.2. The SMILES string of the molecule is CCNC(=NCc1cccnc1OCC)N(C)Cc1cn(C)nc1C(C)C.I. The predicted molar refractivity (Wildman–Crippen MR) is 124 cm³/mol. The van der Waals surface area contributed by atoms with Crippen LogP contribution in [0.3, 0.4) is 0 Å². The first-order valence-corrected chi connectivity index (χ1v) is 9.54. The number of aromatic nitrogens is 3. The van der Waals surface area contributed by atoms with Crippen molar-refractivity contribution in [2.24, 2.45) is 12.0 Å². The van der Waals surface area contributed by atoms with Crippen LogP contribution in [-0.2, 0) is 20.1 Å². The number of ether oxygens (including phenoxy) is 1. The van der Waals surface area contributed by atoms with Crippen molar-refractivity contribution in [3.63, 3.8) is 0 Å². The number of halogens is 1. The van der Waals surface area contributed by atoms with Gasteiger partial charge in [-0.1, -0.05) is 19.9 Å². The summed E-state index contributed by atoms with van der Waals surface area (Å²) in [5.74, 6) is 1.89. The molecule has 0 fully saturated rings. The summed E-state index contributed by atoms with van der Waals surface area (Å²) in [5.41, 5.74) is 3.33. The molecule has 8 heteroatoms. The van der Waals surface area contributed by atoms with Gasteiger partial charge in [-0.25, -0.2) is 9.98 Å². The van der Waals surface area contributed by atoms with Gasteiger partial charge < -0.3 is 15.0 Å². The number of nitrogens with zero attached hydrogens (tertiary/aromatic N) is 5. The molecule has 0 amide bonds. The van der Waals surface area contributed by atoms with E-state index in [0.29, 0.717) is 24.9 Å². The molecule has 0 spiro atoms. The number of aryl methyl sites for hydroxylation is 1. The molecule has 156 valence electrons. The molecule has 0 saturated carbocycles. The van der Waals surface area contributed by atoms with Crippen LogP contribution in [0, 0.1) is 0 Å². The lowest BCUT2D eigenvalue weighted by Gasteiger charge is -2.22. The van der Waals surface area contributed by atoms with Gasteiger partial charge in [0.15, 0.2) is 5.96 Å². The van der Waals surface area contributed by atoms with Gasteiger partial charge in [-0.2, -0.15) is 5.10 Å². The zero-order chi connectivity index (χ0) is 19.8. The normalized spacial score (nSPS) is 11.3. The van der Waals surface area contributed by atoms with E-state index in [0.717, 1.165) is 30.3 Å². The summed E-state index contributed by atoms with van der Waals surface area (Å²) in [6, 6.07) is 3.91. The molecule has 2 heterocycles. The topological polar surface area (TPSA) is 67.6 Å². The van der Waals surface area contributed by atoms with E-state index in [1.807, 2.05) is 37.8 Å². The number of aliphatic imine (C=N–C) groups is 1. The summed E-state index contributed by atoms with van der Waals surface area (Å²) in [7, 11) is 4.01. The fraction of sp³-hybridized carbons (Fsp3) is 0.550. The van der Waals surface area contributed by atoms with Gasteiger partial charge in [-0.15, -0.1) is 24.0 Å². The Morgan fingerprint density at radius 2 is 2.07 bits per heavy atom. The van der Waals surface area contributed by atoms with E-state index in [9.17, 15) is 0 Å². The van der Waals surface area contributed by atoms with Crippen molar-refractivity contribution in [3.8, 4) is 5.88 Å². The monoisotopic (exact) mass is 500 g/mol. The minimum Gasteiger partial charge on any atom is -0.478 e.